The minimum atomic E-state index is -0.574. The van der Waals surface area contributed by atoms with E-state index in [-0.39, 0.29) is 0 Å². The number of rotatable bonds is 9. The summed E-state index contributed by atoms with van der Waals surface area (Å²) in [6, 6.07) is 10.1. The minimum Gasteiger partial charge on any atom is -0.490 e. The molecule has 21 heavy (non-hydrogen) atoms. The maximum atomic E-state index is 9.64. The fraction of sp³-hybridized carbons (Fsp3) is 0.588. The van der Waals surface area contributed by atoms with Crippen LogP contribution in [0.5, 0.6) is 11.5 Å². The number of hydrogen-bond donors (Lipinski definition) is 1. The van der Waals surface area contributed by atoms with Crippen LogP contribution in [0.25, 0.3) is 0 Å². The zero-order valence-electron chi connectivity index (χ0n) is 12.9. The van der Waals surface area contributed by atoms with Crippen LogP contribution < -0.4 is 14.8 Å². The number of nitriles is 1. The van der Waals surface area contributed by atoms with Crippen molar-refractivity contribution in [2.75, 3.05) is 19.8 Å². The van der Waals surface area contributed by atoms with Gasteiger partial charge in [0.15, 0.2) is 11.5 Å². The van der Waals surface area contributed by atoms with E-state index in [2.05, 4.69) is 18.3 Å². The van der Waals surface area contributed by atoms with Crippen LogP contribution in [-0.2, 0) is 0 Å². The Morgan fingerprint density at radius 2 is 1.90 bits per heavy atom. The van der Waals surface area contributed by atoms with Crippen molar-refractivity contribution in [3.8, 4) is 17.6 Å². The minimum absolute atomic E-state index is 0.359. The van der Waals surface area contributed by atoms with E-state index in [1.807, 2.05) is 31.2 Å². The maximum Gasteiger partial charge on any atom is 0.161 e. The molecule has 0 aliphatic heterocycles. The zero-order chi connectivity index (χ0) is 15.1. The summed E-state index contributed by atoms with van der Waals surface area (Å²) in [5.74, 6) is 1.84. The lowest BCUT2D eigenvalue weighted by Crippen LogP contribution is -2.51. The van der Waals surface area contributed by atoms with Crippen molar-refractivity contribution >= 4 is 0 Å². The highest BCUT2D eigenvalue weighted by atomic mass is 16.5. The van der Waals surface area contributed by atoms with E-state index < -0.39 is 5.54 Å². The number of para-hydroxylation sites is 2. The number of nitrogens with one attached hydrogen (secondary N) is 1. The number of nitrogens with zero attached hydrogens (tertiary/aromatic N) is 1. The molecule has 0 bridgehead atoms. The molecule has 1 fully saturated rings. The van der Waals surface area contributed by atoms with Crippen molar-refractivity contribution in [1.29, 1.82) is 5.26 Å². The van der Waals surface area contributed by atoms with Crippen LogP contribution in [0.1, 0.15) is 33.1 Å². The summed E-state index contributed by atoms with van der Waals surface area (Å²) in [6.07, 6.45) is 3.20. The number of hydrogen-bond acceptors (Lipinski definition) is 4. The van der Waals surface area contributed by atoms with E-state index >= 15 is 0 Å². The summed E-state index contributed by atoms with van der Waals surface area (Å²) in [7, 11) is 0. The smallest absolute Gasteiger partial charge is 0.161 e. The van der Waals surface area contributed by atoms with Gasteiger partial charge in [-0.3, -0.25) is 5.32 Å². The van der Waals surface area contributed by atoms with E-state index in [0.29, 0.717) is 24.9 Å². The molecule has 1 saturated carbocycles. The molecule has 0 radical (unpaired) electrons. The van der Waals surface area contributed by atoms with Crippen molar-refractivity contribution in [2.45, 2.75) is 38.6 Å². The van der Waals surface area contributed by atoms with E-state index in [1.165, 1.54) is 0 Å². The lowest BCUT2D eigenvalue weighted by atomic mass is 9.96. The lowest BCUT2D eigenvalue weighted by Gasteiger charge is -2.28. The van der Waals surface area contributed by atoms with Crippen LogP contribution in [0, 0.1) is 17.2 Å². The Balaban J connectivity index is 2.06. The first-order valence-electron chi connectivity index (χ1n) is 7.76. The summed E-state index contributed by atoms with van der Waals surface area (Å²) in [5, 5.41) is 13.0. The first-order chi connectivity index (χ1) is 10.3. The van der Waals surface area contributed by atoms with Gasteiger partial charge < -0.3 is 9.47 Å². The Bertz CT molecular complexity index is 494. The van der Waals surface area contributed by atoms with E-state index in [0.717, 1.165) is 31.6 Å². The van der Waals surface area contributed by atoms with Crippen molar-refractivity contribution in [1.82, 2.24) is 5.32 Å². The molecule has 1 N–H and O–H groups in total. The SMILES string of the molecule is CCCNC(C#N)(COc1ccccc1OCC)C1CC1. The largest absolute Gasteiger partial charge is 0.490 e. The summed E-state index contributed by atoms with van der Waals surface area (Å²) in [4.78, 5) is 0. The molecule has 0 amide bonds. The molecule has 4 nitrogen and oxygen atoms in total. The van der Waals surface area contributed by atoms with Gasteiger partial charge in [0.25, 0.3) is 0 Å². The van der Waals surface area contributed by atoms with Gasteiger partial charge in [0.1, 0.15) is 12.1 Å². The van der Waals surface area contributed by atoms with Gasteiger partial charge in [-0.2, -0.15) is 5.26 Å². The fourth-order valence-corrected chi connectivity index (χ4v) is 2.44. The van der Waals surface area contributed by atoms with Gasteiger partial charge in [0, 0.05) is 0 Å². The van der Waals surface area contributed by atoms with Gasteiger partial charge in [-0.1, -0.05) is 19.1 Å². The Labute approximate surface area is 127 Å². The molecule has 1 aliphatic rings. The van der Waals surface area contributed by atoms with E-state index in [4.69, 9.17) is 9.47 Å². The van der Waals surface area contributed by atoms with Crippen LogP contribution in [0.3, 0.4) is 0 Å². The molecular formula is C17H24N2O2. The molecule has 2 rings (SSSR count). The van der Waals surface area contributed by atoms with Crippen molar-refractivity contribution in [3.05, 3.63) is 24.3 Å². The normalized spacial score (nSPS) is 16.8. The molecule has 1 unspecified atom stereocenters. The highest BCUT2D eigenvalue weighted by Gasteiger charge is 2.46. The summed E-state index contributed by atoms with van der Waals surface area (Å²) >= 11 is 0. The van der Waals surface area contributed by atoms with E-state index in [1.54, 1.807) is 0 Å². The third-order valence-corrected chi connectivity index (χ3v) is 3.77. The molecule has 0 spiro atoms. The molecule has 0 heterocycles. The fourth-order valence-electron chi connectivity index (χ4n) is 2.44. The lowest BCUT2D eigenvalue weighted by molar-refractivity contribution is 0.193. The van der Waals surface area contributed by atoms with Crippen molar-refractivity contribution < 1.29 is 9.47 Å². The van der Waals surface area contributed by atoms with Crippen LogP contribution in [0.15, 0.2) is 24.3 Å². The second-order valence-electron chi connectivity index (χ2n) is 5.45. The van der Waals surface area contributed by atoms with Crippen LogP contribution in [0.2, 0.25) is 0 Å². The molecule has 0 aromatic heterocycles. The second-order valence-corrected chi connectivity index (χ2v) is 5.45. The molecule has 4 heteroatoms. The molecule has 1 aromatic rings. The Kier molecular flexibility index (Phi) is 5.46. The standard InChI is InChI=1S/C17H24N2O2/c1-3-11-19-17(12-18,14-9-10-14)13-21-16-8-6-5-7-15(16)20-4-2/h5-8,14,19H,3-4,9-11,13H2,1-2H3. The monoisotopic (exact) mass is 288 g/mol. The molecule has 1 aromatic carbocycles. The van der Waals surface area contributed by atoms with Gasteiger partial charge >= 0.3 is 0 Å². The third kappa shape index (κ3) is 3.89. The van der Waals surface area contributed by atoms with Gasteiger partial charge in [-0.15, -0.1) is 0 Å². The Morgan fingerprint density at radius 1 is 1.24 bits per heavy atom. The molecule has 114 valence electrons. The average Bonchev–Trinajstić information content (AvgIpc) is 3.35. The maximum absolute atomic E-state index is 9.64. The summed E-state index contributed by atoms with van der Waals surface area (Å²) in [6.45, 7) is 5.84. The second kappa shape index (κ2) is 7.33. The molecular weight excluding hydrogens is 264 g/mol. The molecule has 1 aliphatic carbocycles. The third-order valence-electron chi connectivity index (χ3n) is 3.77. The summed E-state index contributed by atoms with van der Waals surface area (Å²) < 4.78 is 11.5. The van der Waals surface area contributed by atoms with Crippen molar-refractivity contribution in [3.63, 3.8) is 0 Å². The van der Waals surface area contributed by atoms with Gasteiger partial charge in [-0.25, -0.2) is 0 Å². The van der Waals surface area contributed by atoms with Crippen LogP contribution in [-0.4, -0.2) is 25.3 Å². The van der Waals surface area contributed by atoms with Gasteiger partial charge in [0.05, 0.1) is 12.7 Å². The predicted molar refractivity (Wildman–Crippen MR) is 82.5 cm³/mol. The first-order valence-corrected chi connectivity index (χ1v) is 7.76. The van der Waals surface area contributed by atoms with Gasteiger partial charge in [0.2, 0.25) is 0 Å². The molecule has 1 atom stereocenters. The summed E-state index contributed by atoms with van der Waals surface area (Å²) in [5.41, 5.74) is -0.574. The Hall–Kier alpha value is -1.73. The number of benzene rings is 1. The molecule has 0 saturated heterocycles. The first kappa shape index (κ1) is 15.7. The van der Waals surface area contributed by atoms with Gasteiger partial charge in [-0.05, 0) is 50.8 Å². The van der Waals surface area contributed by atoms with E-state index in [9.17, 15) is 5.26 Å². The van der Waals surface area contributed by atoms with Crippen molar-refractivity contribution in [2.24, 2.45) is 5.92 Å². The highest BCUT2D eigenvalue weighted by molar-refractivity contribution is 5.39. The quantitative estimate of drug-likeness (QED) is 0.758. The average molecular weight is 288 g/mol. The topological polar surface area (TPSA) is 54.3 Å². The zero-order valence-corrected chi connectivity index (χ0v) is 12.9. The Morgan fingerprint density at radius 3 is 2.43 bits per heavy atom. The highest BCUT2D eigenvalue weighted by Crippen LogP contribution is 2.40. The van der Waals surface area contributed by atoms with Crippen LogP contribution in [0.4, 0.5) is 0 Å². The predicted octanol–water partition coefficient (Wildman–Crippen LogP) is 3.14. The number of ether oxygens (including phenoxy) is 2. The van der Waals surface area contributed by atoms with Crippen LogP contribution >= 0.6 is 0 Å².